The van der Waals surface area contributed by atoms with E-state index in [-0.39, 0.29) is 23.0 Å². The molecule has 2 nitrogen and oxygen atoms in total. The van der Waals surface area contributed by atoms with Gasteiger partial charge in [0.15, 0.2) is 0 Å². The van der Waals surface area contributed by atoms with Gasteiger partial charge in [-0.15, -0.1) is 0 Å². The van der Waals surface area contributed by atoms with E-state index in [0.717, 1.165) is 12.0 Å². The van der Waals surface area contributed by atoms with E-state index in [9.17, 15) is 5.11 Å². The molecule has 25 heavy (non-hydrogen) atoms. The third-order valence-electron chi connectivity index (χ3n) is 3.95. The predicted octanol–water partition coefficient (Wildman–Crippen LogP) is 6.83. The summed E-state index contributed by atoms with van der Waals surface area (Å²) in [5, 5.41) is 9.63. The zero-order valence-electron chi connectivity index (χ0n) is 15.5. The van der Waals surface area contributed by atoms with Crippen molar-refractivity contribution in [2.75, 3.05) is 6.61 Å². The Morgan fingerprint density at radius 1 is 0.880 bits per heavy atom. The molecule has 0 heterocycles. The van der Waals surface area contributed by atoms with Gasteiger partial charge in [0.1, 0.15) is 0 Å². The van der Waals surface area contributed by atoms with Gasteiger partial charge in [-0.2, -0.15) is 18.2 Å². The van der Waals surface area contributed by atoms with Crippen molar-refractivity contribution < 1.29 is 26.9 Å². The standard InChI is InChI=1S/C17H28O2.C5H5.Fe/c1-2-3-4-5-6-7-8-9-12-15-19-17(18)16-13-10-11-14-16;1-2-4-5-3-1;/h10-11,13-14,18H,2-9,12,15H2,1H3;1-5H;/q;-1;. The van der Waals surface area contributed by atoms with Crippen LogP contribution in [0.15, 0.2) is 66.2 Å². The van der Waals surface area contributed by atoms with Crippen LogP contribution in [0.4, 0.5) is 0 Å². The summed E-state index contributed by atoms with van der Waals surface area (Å²) in [6.45, 7) is 2.87. The minimum absolute atomic E-state index is 0. The van der Waals surface area contributed by atoms with E-state index in [2.05, 4.69) is 6.92 Å². The molecule has 0 radical (unpaired) electrons. The van der Waals surface area contributed by atoms with Crippen molar-refractivity contribution in [2.45, 2.75) is 64.7 Å². The third kappa shape index (κ3) is 13.6. The van der Waals surface area contributed by atoms with E-state index in [1.54, 1.807) is 0 Å². The van der Waals surface area contributed by atoms with Gasteiger partial charge in [-0.25, -0.2) is 12.1 Å². The van der Waals surface area contributed by atoms with Crippen molar-refractivity contribution in [1.82, 2.24) is 0 Å². The zero-order valence-corrected chi connectivity index (χ0v) is 16.6. The number of unbranched alkanes of at least 4 members (excludes halogenated alkanes) is 8. The van der Waals surface area contributed by atoms with Crippen LogP contribution in [0.25, 0.3) is 0 Å². The zero-order chi connectivity index (χ0) is 17.3. The Morgan fingerprint density at radius 3 is 1.88 bits per heavy atom. The Kier molecular flexibility index (Phi) is 16.6. The summed E-state index contributed by atoms with van der Waals surface area (Å²) in [5.74, 6) is 0.0598. The van der Waals surface area contributed by atoms with Crippen LogP contribution in [0.3, 0.4) is 0 Å². The fourth-order valence-corrected chi connectivity index (χ4v) is 2.50. The maximum atomic E-state index is 9.63. The average Bonchev–Trinajstić information content (AvgIpc) is 3.32. The van der Waals surface area contributed by atoms with Gasteiger partial charge in [-0.05, 0) is 18.6 Å². The van der Waals surface area contributed by atoms with Crippen LogP contribution in [0.2, 0.25) is 0 Å². The Hall–Kier alpha value is -1.31. The Labute approximate surface area is 164 Å². The van der Waals surface area contributed by atoms with E-state index in [0.29, 0.717) is 6.61 Å². The van der Waals surface area contributed by atoms with Gasteiger partial charge in [0.2, 0.25) is 0 Å². The molecule has 2 rings (SSSR count). The summed E-state index contributed by atoms with van der Waals surface area (Å²) < 4.78 is 5.32. The Morgan fingerprint density at radius 2 is 1.40 bits per heavy atom. The van der Waals surface area contributed by atoms with Crippen molar-refractivity contribution in [1.29, 1.82) is 0 Å². The summed E-state index contributed by atoms with van der Waals surface area (Å²) in [7, 11) is 0. The topological polar surface area (TPSA) is 29.5 Å². The first kappa shape index (κ1) is 23.7. The van der Waals surface area contributed by atoms with Crippen molar-refractivity contribution in [3.8, 4) is 0 Å². The number of aliphatic hydroxyl groups is 1. The fourth-order valence-electron chi connectivity index (χ4n) is 2.50. The first-order chi connectivity index (χ1) is 11.8. The molecular formula is C22H33FeO2-. The molecule has 1 aliphatic carbocycles. The average molecular weight is 385 g/mol. The van der Waals surface area contributed by atoms with Gasteiger partial charge >= 0.3 is 0 Å². The Bertz CT molecular complexity index is 441. The monoisotopic (exact) mass is 385 g/mol. The van der Waals surface area contributed by atoms with E-state index in [1.807, 2.05) is 54.6 Å². The van der Waals surface area contributed by atoms with Crippen LogP contribution < -0.4 is 0 Å². The number of ether oxygens (including phenoxy) is 1. The molecule has 0 bridgehead atoms. The third-order valence-corrected chi connectivity index (χ3v) is 3.95. The quantitative estimate of drug-likeness (QED) is 0.196. The van der Waals surface area contributed by atoms with Crippen molar-refractivity contribution in [3.63, 3.8) is 0 Å². The first-order valence-corrected chi connectivity index (χ1v) is 9.42. The number of rotatable bonds is 11. The molecule has 0 aliphatic heterocycles. The smallest absolute Gasteiger partial charge is 0.284 e. The second-order valence-corrected chi connectivity index (χ2v) is 6.12. The fraction of sp³-hybridized carbons (Fsp3) is 0.500. The molecule has 1 N–H and O–H groups in total. The molecule has 0 amide bonds. The van der Waals surface area contributed by atoms with Crippen LogP contribution in [0, 0.1) is 0 Å². The molecule has 0 atom stereocenters. The number of hydrogen-bond donors (Lipinski definition) is 1. The minimum Gasteiger partial charge on any atom is -0.481 e. The number of aliphatic hydroxyl groups excluding tert-OH is 1. The van der Waals surface area contributed by atoms with Gasteiger partial charge in [0, 0.05) is 17.1 Å². The second kappa shape index (κ2) is 17.5. The molecule has 1 aliphatic rings. The molecule has 0 aromatic heterocycles. The summed E-state index contributed by atoms with van der Waals surface area (Å²) >= 11 is 0. The molecule has 1 aromatic carbocycles. The minimum atomic E-state index is 0. The van der Waals surface area contributed by atoms with Gasteiger partial charge in [0.25, 0.3) is 5.95 Å². The molecule has 0 spiro atoms. The van der Waals surface area contributed by atoms with Crippen molar-refractivity contribution in [2.24, 2.45) is 0 Å². The Balaban J connectivity index is 0.000000820. The molecule has 3 heteroatoms. The summed E-state index contributed by atoms with van der Waals surface area (Å²) in [6.07, 6.45) is 19.2. The van der Waals surface area contributed by atoms with Gasteiger partial charge in [-0.3, -0.25) is 0 Å². The second-order valence-electron chi connectivity index (χ2n) is 6.12. The van der Waals surface area contributed by atoms with E-state index in [4.69, 9.17) is 4.74 Å². The van der Waals surface area contributed by atoms with E-state index >= 15 is 0 Å². The molecule has 1 aromatic rings. The van der Waals surface area contributed by atoms with Crippen LogP contribution >= 0.6 is 0 Å². The van der Waals surface area contributed by atoms with Crippen LogP contribution in [0.1, 0.15) is 64.7 Å². The summed E-state index contributed by atoms with van der Waals surface area (Å²) in [4.78, 5) is 0. The molecule has 0 saturated carbocycles. The molecule has 0 fully saturated rings. The van der Waals surface area contributed by atoms with Crippen molar-refractivity contribution >= 4 is 0 Å². The summed E-state index contributed by atoms with van der Waals surface area (Å²) in [6, 6.07) is 10.0. The normalized spacial score (nSPS) is 11.6. The molecule has 0 saturated heterocycles. The van der Waals surface area contributed by atoms with Crippen LogP contribution in [0.5, 0.6) is 0 Å². The number of hydrogen-bond acceptors (Lipinski definition) is 2. The van der Waals surface area contributed by atoms with Crippen LogP contribution in [-0.2, 0) is 21.8 Å². The van der Waals surface area contributed by atoms with Crippen molar-refractivity contribution in [3.05, 3.63) is 66.2 Å². The van der Waals surface area contributed by atoms with E-state index < -0.39 is 0 Å². The van der Waals surface area contributed by atoms with Gasteiger partial charge in [-0.1, -0.05) is 70.4 Å². The SMILES string of the molecule is CCCCCCCCCCCOC(O)=C1C=CC=C1.[Fe].c1cc[cH-]c1. The van der Waals surface area contributed by atoms with Gasteiger partial charge < -0.3 is 9.84 Å². The first-order valence-electron chi connectivity index (χ1n) is 9.42. The molecule has 142 valence electrons. The predicted molar refractivity (Wildman–Crippen MR) is 103 cm³/mol. The molecular weight excluding hydrogens is 352 g/mol. The summed E-state index contributed by atoms with van der Waals surface area (Å²) in [5.41, 5.74) is 0.774. The molecule has 0 unspecified atom stereocenters. The largest absolute Gasteiger partial charge is 0.481 e. The van der Waals surface area contributed by atoms with E-state index in [1.165, 1.54) is 51.4 Å². The maximum Gasteiger partial charge on any atom is 0.284 e. The maximum absolute atomic E-state index is 9.63. The van der Waals surface area contributed by atoms with Crippen LogP contribution in [-0.4, -0.2) is 11.7 Å². The number of allylic oxidation sites excluding steroid dienone is 5. The van der Waals surface area contributed by atoms with Gasteiger partial charge in [0.05, 0.1) is 12.2 Å².